The lowest BCUT2D eigenvalue weighted by molar-refractivity contribution is -0.166. The van der Waals surface area contributed by atoms with Crippen LogP contribution in [0.1, 0.15) is 278 Å². The maximum Gasteiger partial charge on any atom is 0.306 e. The Balaban J connectivity index is 4.49. The zero-order chi connectivity index (χ0) is 51.4. The normalized spacial score (nSPS) is 12.8. The Morgan fingerprint density at radius 1 is 0.296 bits per heavy atom. The van der Waals surface area contributed by atoms with E-state index in [0.29, 0.717) is 19.3 Å². The summed E-state index contributed by atoms with van der Waals surface area (Å²) in [6.45, 7) is 6.46. The van der Waals surface area contributed by atoms with E-state index in [1.807, 2.05) is 6.08 Å². The van der Waals surface area contributed by atoms with Crippen molar-refractivity contribution in [2.75, 3.05) is 13.2 Å². The molecule has 6 heteroatoms. The summed E-state index contributed by atoms with van der Waals surface area (Å²) in [5.74, 6) is -0.996. The number of rotatable bonds is 53. The van der Waals surface area contributed by atoms with Crippen LogP contribution in [0.15, 0.2) is 97.2 Å². The van der Waals surface area contributed by atoms with Crippen LogP contribution in [0.4, 0.5) is 0 Å². The number of carbonyl (C=O) groups excluding carboxylic acids is 3. The van der Waals surface area contributed by atoms with Gasteiger partial charge in [-0.15, -0.1) is 0 Å². The summed E-state index contributed by atoms with van der Waals surface area (Å²) in [5.41, 5.74) is 0. The highest BCUT2D eigenvalue weighted by atomic mass is 16.6. The van der Waals surface area contributed by atoms with E-state index < -0.39 is 12.1 Å². The number of hydrogen-bond donors (Lipinski definition) is 0. The quantitative estimate of drug-likeness (QED) is 0.0261. The summed E-state index contributed by atoms with van der Waals surface area (Å²) in [5, 5.41) is 0. The van der Waals surface area contributed by atoms with Crippen molar-refractivity contribution in [3.63, 3.8) is 0 Å². The van der Waals surface area contributed by atoms with Gasteiger partial charge in [0.15, 0.2) is 6.10 Å². The first-order valence-electron chi connectivity index (χ1n) is 29.7. The molecule has 0 bridgehead atoms. The van der Waals surface area contributed by atoms with Gasteiger partial charge in [0.05, 0.1) is 0 Å². The number of carbonyl (C=O) groups is 3. The number of allylic oxidation sites excluding steroid dienone is 16. The molecule has 0 aliphatic carbocycles. The lowest BCUT2D eigenvalue weighted by atomic mass is 10.1. The second-order valence-corrected chi connectivity index (χ2v) is 19.5. The predicted octanol–water partition coefficient (Wildman–Crippen LogP) is 20.1. The number of hydrogen-bond acceptors (Lipinski definition) is 6. The minimum absolute atomic E-state index is 0.110. The van der Waals surface area contributed by atoms with Gasteiger partial charge in [-0.2, -0.15) is 0 Å². The Labute approximate surface area is 438 Å². The van der Waals surface area contributed by atoms with Gasteiger partial charge in [-0.3, -0.25) is 14.4 Å². The molecule has 0 fully saturated rings. The molecule has 0 saturated heterocycles. The molecule has 0 spiro atoms. The third kappa shape index (κ3) is 57.1. The summed E-state index contributed by atoms with van der Waals surface area (Å²) < 4.78 is 16.8. The van der Waals surface area contributed by atoms with Gasteiger partial charge in [0.1, 0.15) is 13.2 Å². The summed E-state index contributed by atoms with van der Waals surface area (Å²) in [6, 6.07) is 0. The highest BCUT2D eigenvalue weighted by Gasteiger charge is 2.19. The summed E-state index contributed by atoms with van der Waals surface area (Å²) in [6.07, 6.45) is 78.4. The van der Waals surface area contributed by atoms with Gasteiger partial charge in [-0.1, -0.05) is 246 Å². The summed E-state index contributed by atoms with van der Waals surface area (Å²) in [4.78, 5) is 38.2. The lowest BCUT2D eigenvalue weighted by Crippen LogP contribution is -2.30. The third-order valence-corrected chi connectivity index (χ3v) is 12.6. The maximum atomic E-state index is 12.8. The molecule has 0 heterocycles. The van der Waals surface area contributed by atoms with Crippen LogP contribution in [0.5, 0.6) is 0 Å². The minimum atomic E-state index is -0.822. The zero-order valence-corrected chi connectivity index (χ0v) is 46.5. The van der Waals surface area contributed by atoms with E-state index in [9.17, 15) is 14.4 Å². The Bertz CT molecular complexity index is 1410. The zero-order valence-electron chi connectivity index (χ0n) is 46.5. The molecular weight excluding hydrogens is 877 g/mol. The molecule has 0 unspecified atom stereocenters. The van der Waals surface area contributed by atoms with Crippen LogP contribution in [0.25, 0.3) is 0 Å². The van der Waals surface area contributed by atoms with Crippen LogP contribution in [0.2, 0.25) is 0 Å². The van der Waals surface area contributed by atoms with Crippen molar-refractivity contribution < 1.29 is 28.6 Å². The Kier molecular flexibility index (Phi) is 55.9. The van der Waals surface area contributed by atoms with Gasteiger partial charge in [0, 0.05) is 19.3 Å². The average Bonchev–Trinajstić information content (AvgIpc) is 3.37. The van der Waals surface area contributed by atoms with Crippen molar-refractivity contribution in [2.24, 2.45) is 0 Å². The van der Waals surface area contributed by atoms with Gasteiger partial charge in [-0.25, -0.2) is 0 Å². The van der Waals surface area contributed by atoms with Crippen LogP contribution < -0.4 is 0 Å². The first-order chi connectivity index (χ1) is 35.0. The van der Waals surface area contributed by atoms with E-state index in [4.69, 9.17) is 14.2 Å². The fourth-order valence-electron chi connectivity index (χ4n) is 8.11. The van der Waals surface area contributed by atoms with Crippen molar-refractivity contribution in [1.82, 2.24) is 0 Å². The van der Waals surface area contributed by atoms with Crippen molar-refractivity contribution >= 4 is 17.9 Å². The Morgan fingerprint density at radius 3 is 0.930 bits per heavy atom. The van der Waals surface area contributed by atoms with Gasteiger partial charge < -0.3 is 14.2 Å². The maximum absolute atomic E-state index is 12.8. The average molecular weight is 988 g/mol. The highest BCUT2D eigenvalue weighted by Crippen LogP contribution is 2.15. The summed E-state index contributed by atoms with van der Waals surface area (Å²) in [7, 11) is 0. The predicted molar refractivity (Wildman–Crippen MR) is 307 cm³/mol. The van der Waals surface area contributed by atoms with Crippen molar-refractivity contribution in [3.8, 4) is 0 Å². The molecule has 0 aliphatic heterocycles. The molecule has 0 N–H and O–H groups in total. The van der Waals surface area contributed by atoms with E-state index in [1.54, 1.807) is 0 Å². The van der Waals surface area contributed by atoms with Crippen LogP contribution in [-0.2, 0) is 28.6 Å². The Morgan fingerprint density at radius 2 is 0.577 bits per heavy atom. The second kappa shape index (κ2) is 58.9. The number of unbranched alkanes of at least 4 members (excludes halogenated alkanes) is 26. The first-order valence-corrected chi connectivity index (χ1v) is 29.7. The molecule has 6 nitrogen and oxygen atoms in total. The van der Waals surface area contributed by atoms with E-state index in [1.165, 1.54) is 154 Å². The molecular formula is C65H110O6. The molecule has 0 aromatic heterocycles. The fraction of sp³-hybridized carbons (Fsp3) is 0.708. The number of ether oxygens (including phenoxy) is 3. The molecule has 0 rings (SSSR count). The molecule has 1 atom stereocenters. The van der Waals surface area contributed by atoms with Crippen LogP contribution in [0, 0.1) is 0 Å². The monoisotopic (exact) mass is 987 g/mol. The minimum Gasteiger partial charge on any atom is -0.462 e. The van der Waals surface area contributed by atoms with Crippen molar-refractivity contribution in [2.45, 2.75) is 284 Å². The van der Waals surface area contributed by atoms with Gasteiger partial charge >= 0.3 is 17.9 Å². The van der Waals surface area contributed by atoms with Crippen LogP contribution in [0.3, 0.4) is 0 Å². The first kappa shape index (κ1) is 67.3. The number of esters is 3. The molecule has 0 saturated carbocycles. The third-order valence-electron chi connectivity index (χ3n) is 12.6. The Hall–Kier alpha value is -3.67. The largest absolute Gasteiger partial charge is 0.462 e. The molecule has 0 amide bonds. The smallest absolute Gasteiger partial charge is 0.306 e. The van der Waals surface area contributed by atoms with E-state index in [2.05, 4.69) is 112 Å². The van der Waals surface area contributed by atoms with Crippen LogP contribution >= 0.6 is 0 Å². The summed E-state index contributed by atoms with van der Waals surface area (Å²) >= 11 is 0. The highest BCUT2D eigenvalue weighted by molar-refractivity contribution is 5.71. The SMILES string of the molecule is CC/C=C\C/C=C\C/C=C\C/C=C\C/C=C\C/C=C\CCC(=O)O[C@@H](COC(=O)CCCCCCCCC/C=C\CCCCCC)COC(=O)CCCCCCCCCCC/C=C\CCCCCCCC. The molecule has 0 aliphatic rings. The van der Waals surface area contributed by atoms with Crippen molar-refractivity contribution in [3.05, 3.63) is 97.2 Å². The fourth-order valence-corrected chi connectivity index (χ4v) is 8.11. The van der Waals surface area contributed by atoms with Gasteiger partial charge in [-0.05, 0) is 109 Å². The van der Waals surface area contributed by atoms with E-state index >= 15 is 0 Å². The van der Waals surface area contributed by atoms with E-state index in [-0.39, 0.29) is 31.6 Å². The van der Waals surface area contributed by atoms with Gasteiger partial charge in [0.2, 0.25) is 0 Å². The lowest BCUT2D eigenvalue weighted by Gasteiger charge is -2.18. The topological polar surface area (TPSA) is 78.9 Å². The second-order valence-electron chi connectivity index (χ2n) is 19.5. The standard InChI is InChI=1S/C65H110O6/c1-4-7-10-13-16-19-22-25-28-30-32-34-37-40-43-46-49-52-55-58-64(67)70-61-62(60-69-63(66)57-54-51-48-45-42-39-36-27-24-21-18-15-12-9-6-3)71-65(68)59-56-53-50-47-44-41-38-35-33-31-29-26-23-20-17-14-11-8-5-2/h8,11,17,20-21,24-26,28-29,33,35,41,44,50,53,62H,4-7,9-10,12-16,18-19,22-23,27,30-32,34,36-40,42-43,45-49,51-52,54-61H2,1-3H3/b11-8-,20-17-,24-21-,28-25-,29-26-,35-33-,44-41-,53-50-/t62-/m0/s1. The molecule has 0 aromatic carbocycles. The molecule has 0 aromatic rings. The van der Waals surface area contributed by atoms with Gasteiger partial charge in [0.25, 0.3) is 0 Å². The molecule has 406 valence electrons. The molecule has 0 radical (unpaired) electrons. The van der Waals surface area contributed by atoms with E-state index in [0.717, 1.165) is 77.0 Å². The molecule has 71 heavy (non-hydrogen) atoms. The van der Waals surface area contributed by atoms with Crippen LogP contribution in [-0.4, -0.2) is 37.2 Å². The van der Waals surface area contributed by atoms with Crippen molar-refractivity contribution in [1.29, 1.82) is 0 Å².